The van der Waals surface area contributed by atoms with Crippen molar-refractivity contribution in [3.8, 4) is 0 Å². The molecule has 14 heavy (non-hydrogen) atoms. The molecule has 72 valence electrons. The highest BCUT2D eigenvalue weighted by atomic mass is 16.4. The molecular weight excluding hydrogens is 180 g/mol. The van der Waals surface area contributed by atoms with E-state index in [0.29, 0.717) is 12.0 Å². The Morgan fingerprint density at radius 3 is 2.86 bits per heavy atom. The number of Topliss-reactive ketones (excluding diaryl/α,β-unsaturated/α-hetero) is 1. The maximum Gasteiger partial charge on any atom is 0.314 e. The first-order valence-electron chi connectivity index (χ1n) is 4.46. The van der Waals surface area contributed by atoms with Crippen molar-refractivity contribution in [3.05, 3.63) is 34.9 Å². The first kappa shape index (κ1) is 8.94. The Morgan fingerprint density at radius 1 is 1.50 bits per heavy atom. The largest absolute Gasteiger partial charge is 0.481 e. The van der Waals surface area contributed by atoms with Gasteiger partial charge >= 0.3 is 5.97 Å². The molecule has 0 spiro atoms. The lowest BCUT2D eigenvalue weighted by Crippen LogP contribution is -2.19. The maximum atomic E-state index is 11.6. The van der Waals surface area contributed by atoms with Crippen LogP contribution in [0.2, 0.25) is 0 Å². The summed E-state index contributed by atoms with van der Waals surface area (Å²) in [6, 6.07) is 5.50. The van der Waals surface area contributed by atoms with Crippen molar-refractivity contribution < 1.29 is 14.7 Å². The second-order valence-electron chi connectivity index (χ2n) is 3.62. The fourth-order valence-corrected chi connectivity index (χ4v) is 1.80. The minimum Gasteiger partial charge on any atom is -0.481 e. The van der Waals surface area contributed by atoms with Crippen LogP contribution in [0.5, 0.6) is 0 Å². The van der Waals surface area contributed by atoms with Crippen LogP contribution in [-0.2, 0) is 11.2 Å². The number of carboxylic acids is 1. The van der Waals surface area contributed by atoms with Gasteiger partial charge in [-0.3, -0.25) is 9.59 Å². The first-order valence-corrected chi connectivity index (χ1v) is 4.46. The van der Waals surface area contributed by atoms with Crippen molar-refractivity contribution in [2.45, 2.75) is 13.3 Å². The highest BCUT2D eigenvalue weighted by Crippen LogP contribution is 2.27. The van der Waals surface area contributed by atoms with Crippen molar-refractivity contribution >= 4 is 11.8 Å². The van der Waals surface area contributed by atoms with Gasteiger partial charge in [0.25, 0.3) is 0 Å². The number of carboxylic acid groups (broad SMARTS) is 1. The van der Waals surface area contributed by atoms with Crippen LogP contribution in [0.1, 0.15) is 21.5 Å². The van der Waals surface area contributed by atoms with Gasteiger partial charge < -0.3 is 5.11 Å². The van der Waals surface area contributed by atoms with Crippen LogP contribution < -0.4 is 0 Å². The number of ketones is 1. The summed E-state index contributed by atoms with van der Waals surface area (Å²) in [7, 11) is 0. The lowest BCUT2D eigenvalue weighted by atomic mass is 10.1. The fourth-order valence-electron chi connectivity index (χ4n) is 1.80. The molecule has 0 saturated carbocycles. The average Bonchev–Trinajstić information content (AvgIpc) is 2.44. The Kier molecular flexibility index (Phi) is 1.88. The van der Waals surface area contributed by atoms with Crippen LogP contribution in [0, 0.1) is 12.8 Å². The SMILES string of the molecule is Cc1ccc2c(c1)C(=O)C(C(=O)O)C2. The van der Waals surface area contributed by atoms with Crippen LogP contribution in [0.4, 0.5) is 0 Å². The van der Waals surface area contributed by atoms with Crippen molar-refractivity contribution in [1.82, 2.24) is 0 Å². The Balaban J connectivity index is 2.46. The number of carbonyl (C=O) groups is 2. The number of hydrogen-bond donors (Lipinski definition) is 1. The van der Waals surface area contributed by atoms with Gasteiger partial charge in [0.1, 0.15) is 5.92 Å². The molecule has 0 saturated heterocycles. The summed E-state index contributed by atoms with van der Waals surface area (Å²) >= 11 is 0. The molecular formula is C11H10O3. The molecule has 0 radical (unpaired) electrons. The minimum absolute atomic E-state index is 0.254. The third-order valence-corrected chi connectivity index (χ3v) is 2.57. The third-order valence-electron chi connectivity index (χ3n) is 2.57. The molecule has 1 aromatic carbocycles. The number of benzene rings is 1. The van der Waals surface area contributed by atoms with E-state index in [1.165, 1.54) is 0 Å². The summed E-state index contributed by atoms with van der Waals surface area (Å²) in [5.41, 5.74) is 2.42. The molecule has 1 aliphatic carbocycles. The Morgan fingerprint density at radius 2 is 2.21 bits per heavy atom. The minimum atomic E-state index is -1.02. The molecule has 3 nitrogen and oxygen atoms in total. The molecule has 1 aliphatic rings. The van der Waals surface area contributed by atoms with Gasteiger partial charge in [-0.15, -0.1) is 0 Å². The maximum absolute atomic E-state index is 11.6. The number of fused-ring (bicyclic) bond motifs is 1. The van der Waals surface area contributed by atoms with E-state index < -0.39 is 11.9 Å². The van der Waals surface area contributed by atoms with Gasteiger partial charge in [-0.25, -0.2) is 0 Å². The molecule has 0 aromatic heterocycles. The van der Waals surface area contributed by atoms with E-state index in [0.717, 1.165) is 11.1 Å². The summed E-state index contributed by atoms with van der Waals surface area (Å²) in [5, 5.41) is 8.80. The molecule has 1 aromatic rings. The molecule has 1 atom stereocenters. The van der Waals surface area contributed by atoms with E-state index in [1.807, 2.05) is 19.1 Å². The van der Waals surface area contributed by atoms with E-state index in [1.54, 1.807) is 6.07 Å². The van der Waals surface area contributed by atoms with E-state index >= 15 is 0 Å². The van der Waals surface area contributed by atoms with Gasteiger partial charge in [0.15, 0.2) is 5.78 Å². The van der Waals surface area contributed by atoms with Gasteiger partial charge in [0.05, 0.1) is 0 Å². The predicted octanol–water partition coefficient (Wildman–Crippen LogP) is 1.43. The fraction of sp³-hybridized carbons (Fsp3) is 0.273. The van der Waals surface area contributed by atoms with E-state index in [-0.39, 0.29) is 5.78 Å². The van der Waals surface area contributed by atoms with Crippen LogP contribution in [0.3, 0.4) is 0 Å². The molecule has 1 unspecified atom stereocenters. The number of aliphatic carboxylic acids is 1. The van der Waals surface area contributed by atoms with E-state index in [9.17, 15) is 9.59 Å². The predicted molar refractivity (Wildman–Crippen MR) is 50.3 cm³/mol. The summed E-state index contributed by atoms with van der Waals surface area (Å²) < 4.78 is 0. The van der Waals surface area contributed by atoms with E-state index in [2.05, 4.69) is 0 Å². The topological polar surface area (TPSA) is 54.4 Å². The van der Waals surface area contributed by atoms with Crippen LogP contribution in [0.15, 0.2) is 18.2 Å². The van der Waals surface area contributed by atoms with Crippen LogP contribution >= 0.6 is 0 Å². The third kappa shape index (κ3) is 1.21. The standard InChI is InChI=1S/C11H10O3/c1-6-2-3-7-5-9(11(13)14)10(12)8(7)4-6/h2-4,9H,5H2,1H3,(H,13,14). The summed E-state index contributed by atoms with van der Waals surface area (Å²) in [6.45, 7) is 1.89. The summed E-state index contributed by atoms with van der Waals surface area (Å²) in [4.78, 5) is 22.4. The van der Waals surface area contributed by atoms with Crippen molar-refractivity contribution in [1.29, 1.82) is 0 Å². The first-order chi connectivity index (χ1) is 6.59. The average molecular weight is 190 g/mol. The van der Waals surface area contributed by atoms with Gasteiger partial charge in [0, 0.05) is 5.56 Å². The smallest absolute Gasteiger partial charge is 0.314 e. The number of hydrogen-bond acceptors (Lipinski definition) is 2. The second-order valence-corrected chi connectivity index (χ2v) is 3.62. The number of carbonyl (C=O) groups excluding carboxylic acids is 1. The lowest BCUT2D eigenvalue weighted by Gasteiger charge is -1.98. The molecule has 1 N–H and O–H groups in total. The quantitative estimate of drug-likeness (QED) is 0.681. The van der Waals surface area contributed by atoms with Gasteiger partial charge in [-0.2, -0.15) is 0 Å². The molecule has 0 aliphatic heterocycles. The molecule has 3 heteroatoms. The van der Waals surface area contributed by atoms with Crippen LogP contribution in [0.25, 0.3) is 0 Å². The molecule has 0 heterocycles. The van der Waals surface area contributed by atoms with Crippen molar-refractivity contribution in [3.63, 3.8) is 0 Å². The number of aryl methyl sites for hydroxylation is 1. The highest BCUT2D eigenvalue weighted by molar-refractivity contribution is 6.11. The van der Waals surface area contributed by atoms with Crippen molar-refractivity contribution in [2.75, 3.05) is 0 Å². The summed E-state index contributed by atoms with van der Waals surface area (Å²) in [5.74, 6) is -2.15. The normalized spacial score (nSPS) is 19.5. The van der Waals surface area contributed by atoms with Gasteiger partial charge in [-0.05, 0) is 25.0 Å². The number of rotatable bonds is 1. The second kappa shape index (κ2) is 2.94. The summed E-state index contributed by atoms with van der Waals surface area (Å²) in [6.07, 6.45) is 0.337. The molecule has 0 fully saturated rings. The Labute approximate surface area is 81.4 Å². The Bertz CT molecular complexity index is 421. The highest BCUT2D eigenvalue weighted by Gasteiger charge is 2.35. The molecule has 0 amide bonds. The van der Waals surface area contributed by atoms with Crippen molar-refractivity contribution in [2.24, 2.45) is 5.92 Å². The molecule has 2 rings (SSSR count). The van der Waals surface area contributed by atoms with Gasteiger partial charge in [-0.1, -0.05) is 17.7 Å². The van der Waals surface area contributed by atoms with Gasteiger partial charge in [0.2, 0.25) is 0 Å². The van der Waals surface area contributed by atoms with Crippen LogP contribution in [-0.4, -0.2) is 16.9 Å². The monoisotopic (exact) mass is 190 g/mol. The Hall–Kier alpha value is -1.64. The zero-order valence-corrected chi connectivity index (χ0v) is 7.78. The zero-order valence-electron chi connectivity index (χ0n) is 7.78. The van der Waals surface area contributed by atoms with E-state index in [4.69, 9.17) is 5.11 Å². The lowest BCUT2D eigenvalue weighted by molar-refractivity contribution is -0.139. The zero-order chi connectivity index (χ0) is 10.3. The molecule has 0 bridgehead atoms.